The van der Waals surface area contributed by atoms with Crippen LogP contribution in [0.15, 0.2) is 18.3 Å². The summed E-state index contributed by atoms with van der Waals surface area (Å²) in [5.74, 6) is 0.588. The fourth-order valence-corrected chi connectivity index (χ4v) is 2.25. The molecule has 0 saturated carbocycles. The Hall–Kier alpha value is -1.33. The second kappa shape index (κ2) is 6.90. The molecular weight excluding hydrogens is 278 g/mol. The summed E-state index contributed by atoms with van der Waals surface area (Å²) in [4.78, 5) is 18.1. The van der Waals surface area contributed by atoms with Crippen LogP contribution >= 0.6 is 12.4 Å². The van der Waals surface area contributed by atoms with Crippen LogP contribution in [-0.4, -0.2) is 42.7 Å². The molecule has 112 valence electrons. The number of anilines is 1. The average Bonchev–Trinajstić information content (AvgIpc) is 2.38. The lowest BCUT2D eigenvalue weighted by Crippen LogP contribution is -2.57. The maximum atomic E-state index is 11.5. The summed E-state index contributed by atoms with van der Waals surface area (Å²) in [5.41, 5.74) is 0.583. The summed E-state index contributed by atoms with van der Waals surface area (Å²) < 4.78 is 4.94. The Morgan fingerprint density at radius 3 is 2.80 bits per heavy atom. The summed E-state index contributed by atoms with van der Waals surface area (Å²) in [7, 11) is 0. The van der Waals surface area contributed by atoms with Crippen molar-refractivity contribution in [2.24, 2.45) is 0 Å². The van der Waals surface area contributed by atoms with Crippen molar-refractivity contribution in [3.63, 3.8) is 0 Å². The molecule has 0 unspecified atom stereocenters. The number of nitrogens with one attached hydrogen (secondary N) is 1. The molecular formula is C14H22ClN3O2. The molecule has 1 aliphatic heterocycles. The number of ether oxygens (including phenoxy) is 1. The van der Waals surface area contributed by atoms with Crippen molar-refractivity contribution in [3.8, 4) is 0 Å². The monoisotopic (exact) mass is 299 g/mol. The van der Waals surface area contributed by atoms with E-state index in [9.17, 15) is 4.79 Å². The maximum Gasteiger partial charge on any atom is 0.339 e. The van der Waals surface area contributed by atoms with Crippen LogP contribution in [0.1, 0.15) is 31.1 Å². The van der Waals surface area contributed by atoms with Crippen molar-refractivity contribution < 1.29 is 9.53 Å². The van der Waals surface area contributed by atoms with Gasteiger partial charge in [-0.05, 0) is 32.9 Å². The third-order valence-corrected chi connectivity index (χ3v) is 3.15. The van der Waals surface area contributed by atoms with Crippen LogP contribution < -0.4 is 10.2 Å². The number of nitrogens with zero attached hydrogens (tertiary/aromatic N) is 2. The first-order valence-electron chi connectivity index (χ1n) is 6.65. The summed E-state index contributed by atoms with van der Waals surface area (Å²) in [5, 5.41) is 3.46. The highest BCUT2D eigenvalue weighted by atomic mass is 35.5. The number of hydrogen-bond acceptors (Lipinski definition) is 5. The number of halogens is 1. The normalized spacial score (nSPS) is 17.2. The zero-order chi connectivity index (χ0) is 13.9. The minimum atomic E-state index is -0.317. The molecule has 5 nitrogen and oxygen atoms in total. The van der Waals surface area contributed by atoms with Crippen LogP contribution in [0.5, 0.6) is 0 Å². The molecule has 1 saturated heterocycles. The summed E-state index contributed by atoms with van der Waals surface area (Å²) in [6, 6.07) is 3.66. The molecule has 0 spiro atoms. The van der Waals surface area contributed by atoms with E-state index in [4.69, 9.17) is 4.74 Å². The highest BCUT2D eigenvalue weighted by Gasteiger charge is 2.26. The van der Waals surface area contributed by atoms with Crippen LogP contribution in [0.25, 0.3) is 0 Å². The van der Waals surface area contributed by atoms with E-state index < -0.39 is 0 Å². The molecule has 1 N–H and O–H groups in total. The first-order valence-corrected chi connectivity index (χ1v) is 6.65. The molecule has 0 aliphatic carbocycles. The third kappa shape index (κ3) is 4.08. The van der Waals surface area contributed by atoms with Gasteiger partial charge in [-0.3, -0.25) is 0 Å². The van der Waals surface area contributed by atoms with Crippen LogP contribution in [0.2, 0.25) is 0 Å². The molecule has 0 aromatic carbocycles. The van der Waals surface area contributed by atoms with Gasteiger partial charge in [-0.15, -0.1) is 12.4 Å². The number of piperazine rings is 1. The Kier molecular flexibility index (Phi) is 5.77. The molecule has 0 amide bonds. The number of pyridine rings is 1. The maximum absolute atomic E-state index is 11.5. The lowest BCUT2D eigenvalue weighted by atomic mass is 10.0. The zero-order valence-electron chi connectivity index (χ0n) is 12.2. The fourth-order valence-electron chi connectivity index (χ4n) is 2.25. The number of aromatic nitrogens is 1. The van der Waals surface area contributed by atoms with E-state index >= 15 is 0 Å². The topological polar surface area (TPSA) is 54.5 Å². The first kappa shape index (κ1) is 16.7. The van der Waals surface area contributed by atoms with Gasteiger partial charge in [0.05, 0.1) is 12.2 Å². The second-order valence-electron chi connectivity index (χ2n) is 5.36. The van der Waals surface area contributed by atoms with Gasteiger partial charge in [0.1, 0.15) is 5.82 Å². The number of rotatable bonds is 3. The van der Waals surface area contributed by atoms with Crippen molar-refractivity contribution in [3.05, 3.63) is 23.9 Å². The van der Waals surface area contributed by atoms with Gasteiger partial charge in [-0.25, -0.2) is 9.78 Å². The van der Waals surface area contributed by atoms with Crippen molar-refractivity contribution in [2.75, 3.05) is 31.1 Å². The van der Waals surface area contributed by atoms with E-state index in [2.05, 4.69) is 29.0 Å². The van der Waals surface area contributed by atoms with Gasteiger partial charge >= 0.3 is 5.97 Å². The molecule has 0 bridgehead atoms. The summed E-state index contributed by atoms with van der Waals surface area (Å²) >= 11 is 0. The van der Waals surface area contributed by atoms with Gasteiger partial charge < -0.3 is 15.0 Å². The number of hydrogen-bond donors (Lipinski definition) is 1. The van der Waals surface area contributed by atoms with E-state index in [0.29, 0.717) is 12.2 Å². The predicted octanol–water partition coefficient (Wildman–Crippen LogP) is 1.87. The molecule has 2 heterocycles. The smallest absolute Gasteiger partial charge is 0.339 e. The highest BCUT2D eigenvalue weighted by Crippen LogP contribution is 2.18. The Balaban J connectivity index is 0.00000200. The number of esters is 1. The summed E-state index contributed by atoms with van der Waals surface area (Å²) in [6.07, 6.45) is 1.59. The summed E-state index contributed by atoms with van der Waals surface area (Å²) in [6.45, 7) is 9.29. The predicted molar refractivity (Wildman–Crippen MR) is 81.7 cm³/mol. The number of carbonyl (C=O) groups is 1. The van der Waals surface area contributed by atoms with Crippen LogP contribution in [-0.2, 0) is 4.74 Å². The van der Waals surface area contributed by atoms with Gasteiger partial charge in [0.2, 0.25) is 0 Å². The standard InChI is InChI=1S/C14H21N3O2.ClH/c1-4-19-13(18)11-5-6-12(15-9-11)17-8-7-16-14(2,3)10-17;/h5-6,9,16H,4,7-8,10H2,1-3H3;1H. The lowest BCUT2D eigenvalue weighted by molar-refractivity contribution is 0.0526. The van der Waals surface area contributed by atoms with Gasteiger partial charge in [0.15, 0.2) is 0 Å². The minimum absolute atomic E-state index is 0. The zero-order valence-corrected chi connectivity index (χ0v) is 13.0. The van der Waals surface area contributed by atoms with Gasteiger partial charge in [0.25, 0.3) is 0 Å². The van der Waals surface area contributed by atoms with Crippen LogP contribution in [0.3, 0.4) is 0 Å². The van der Waals surface area contributed by atoms with Gasteiger partial charge in [-0.2, -0.15) is 0 Å². The molecule has 0 atom stereocenters. The Bertz CT molecular complexity index is 448. The molecule has 1 aromatic rings. The number of carbonyl (C=O) groups excluding carboxylic acids is 1. The van der Waals surface area contributed by atoms with Crippen molar-refractivity contribution >= 4 is 24.2 Å². The Morgan fingerprint density at radius 1 is 1.50 bits per heavy atom. The minimum Gasteiger partial charge on any atom is -0.462 e. The van der Waals surface area contributed by atoms with E-state index in [1.807, 2.05) is 6.07 Å². The second-order valence-corrected chi connectivity index (χ2v) is 5.36. The lowest BCUT2D eigenvalue weighted by Gasteiger charge is -2.39. The molecule has 2 rings (SSSR count). The Labute approximate surface area is 126 Å². The average molecular weight is 300 g/mol. The van der Waals surface area contributed by atoms with Crippen molar-refractivity contribution in [1.82, 2.24) is 10.3 Å². The van der Waals surface area contributed by atoms with Crippen molar-refractivity contribution in [2.45, 2.75) is 26.3 Å². The molecule has 1 fully saturated rings. The van der Waals surface area contributed by atoms with Crippen LogP contribution in [0.4, 0.5) is 5.82 Å². The third-order valence-electron chi connectivity index (χ3n) is 3.15. The Morgan fingerprint density at radius 2 is 2.25 bits per heavy atom. The highest BCUT2D eigenvalue weighted by molar-refractivity contribution is 5.89. The first-order chi connectivity index (χ1) is 9.02. The van der Waals surface area contributed by atoms with E-state index in [1.165, 1.54) is 0 Å². The quantitative estimate of drug-likeness (QED) is 0.864. The van der Waals surface area contributed by atoms with E-state index in [-0.39, 0.29) is 23.9 Å². The van der Waals surface area contributed by atoms with Crippen LogP contribution in [0, 0.1) is 0 Å². The molecule has 0 radical (unpaired) electrons. The van der Waals surface area contributed by atoms with Gasteiger partial charge in [0, 0.05) is 31.4 Å². The largest absolute Gasteiger partial charge is 0.462 e. The van der Waals surface area contributed by atoms with E-state index in [0.717, 1.165) is 25.5 Å². The molecule has 1 aromatic heterocycles. The SMILES string of the molecule is CCOC(=O)c1ccc(N2CCNC(C)(C)C2)nc1.Cl. The van der Waals surface area contributed by atoms with Crippen molar-refractivity contribution in [1.29, 1.82) is 0 Å². The van der Waals surface area contributed by atoms with E-state index in [1.54, 1.807) is 19.2 Å². The van der Waals surface area contributed by atoms with Gasteiger partial charge in [-0.1, -0.05) is 0 Å². The molecule has 20 heavy (non-hydrogen) atoms. The fraction of sp³-hybridized carbons (Fsp3) is 0.571. The molecule has 6 heteroatoms. The molecule has 1 aliphatic rings.